The second-order valence-electron chi connectivity index (χ2n) is 5.17. The van der Waals surface area contributed by atoms with E-state index in [1.807, 2.05) is 44.5 Å². The van der Waals surface area contributed by atoms with Crippen LogP contribution in [-0.4, -0.2) is 28.0 Å². The molecule has 2 rings (SSSR count). The number of aromatic nitrogens is 3. The molecule has 1 aromatic heterocycles. The van der Waals surface area contributed by atoms with Crippen LogP contribution in [0.2, 0.25) is 5.02 Å². The highest BCUT2D eigenvalue weighted by molar-refractivity contribution is 6.32. The zero-order valence-electron chi connectivity index (χ0n) is 14.0. The van der Waals surface area contributed by atoms with E-state index in [9.17, 15) is 0 Å². The summed E-state index contributed by atoms with van der Waals surface area (Å²) >= 11 is 6.33. The number of ether oxygens (including phenoxy) is 2. The maximum atomic E-state index is 6.33. The monoisotopic (exact) mass is 338 g/mol. The Bertz CT molecular complexity index is 645. The van der Waals surface area contributed by atoms with Crippen LogP contribution < -0.4 is 14.8 Å². The lowest BCUT2D eigenvalue weighted by Crippen LogP contribution is -2.21. The zero-order valence-corrected chi connectivity index (χ0v) is 14.7. The van der Waals surface area contributed by atoms with Gasteiger partial charge in [0.05, 0.1) is 24.3 Å². The number of benzene rings is 1. The number of rotatable bonds is 8. The van der Waals surface area contributed by atoms with E-state index in [4.69, 9.17) is 21.1 Å². The topological polar surface area (TPSA) is 61.2 Å². The zero-order chi connectivity index (χ0) is 16.8. The molecular weight excluding hydrogens is 316 g/mol. The van der Waals surface area contributed by atoms with Gasteiger partial charge in [0.25, 0.3) is 0 Å². The minimum absolute atomic E-state index is 0.0726. The lowest BCUT2D eigenvalue weighted by atomic mass is 10.2. The van der Waals surface area contributed by atoms with Crippen LogP contribution in [0.5, 0.6) is 11.5 Å². The van der Waals surface area contributed by atoms with Gasteiger partial charge in [-0.05, 0) is 38.5 Å². The average molecular weight is 339 g/mol. The van der Waals surface area contributed by atoms with E-state index in [2.05, 4.69) is 15.5 Å². The third-order valence-corrected chi connectivity index (χ3v) is 3.68. The summed E-state index contributed by atoms with van der Waals surface area (Å²) in [6.45, 7) is 7.64. The first-order chi connectivity index (χ1) is 11.1. The SMILES string of the molecule is CCOc1cc(CNC(C)c2nncn2C)cc(Cl)c1OCC. The summed E-state index contributed by atoms with van der Waals surface area (Å²) in [6.07, 6.45) is 1.69. The highest BCUT2D eigenvalue weighted by atomic mass is 35.5. The van der Waals surface area contributed by atoms with E-state index in [1.54, 1.807) is 6.33 Å². The van der Waals surface area contributed by atoms with E-state index in [0.29, 0.717) is 36.3 Å². The lowest BCUT2D eigenvalue weighted by Gasteiger charge is -2.16. The molecule has 1 N–H and O–H groups in total. The van der Waals surface area contributed by atoms with Crippen LogP contribution >= 0.6 is 11.6 Å². The van der Waals surface area contributed by atoms with Crippen LogP contribution in [0.1, 0.15) is 38.2 Å². The van der Waals surface area contributed by atoms with Gasteiger partial charge in [-0.1, -0.05) is 11.6 Å². The maximum Gasteiger partial charge on any atom is 0.179 e. The minimum atomic E-state index is 0.0726. The first-order valence-electron chi connectivity index (χ1n) is 7.72. The summed E-state index contributed by atoms with van der Waals surface area (Å²) in [4.78, 5) is 0. The molecule has 1 unspecified atom stereocenters. The van der Waals surface area contributed by atoms with Gasteiger partial charge in [-0.15, -0.1) is 10.2 Å². The van der Waals surface area contributed by atoms with Gasteiger partial charge in [-0.25, -0.2) is 0 Å². The quantitative estimate of drug-likeness (QED) is 0.801. The predicted molar refractivity (Wildman–Crippen MR) is 90.0 cm³/mol. The molecule has 1 aromatic carbocycles. The van der Waals surface area contributed by atoms with E-state index in [1.165, 1.54) is 0 Å². The van der Waals surface area contributed by atoms with Crippen LogP contribution in [-0.2, 0) is 13.6 Å². The molecular formula is C16H23ClN4O2. The van der Waals surface area contributed by atoms with Gasteiger partial charge in [-0.2, -0.15) is 0 Å². The summed E-state index contributed by atoms with van der Waals surface area (Å²) < 4.78 is 13.1. The molecule has 0 saturated carbocycles. The number of nitrogens with one attached hydrogen (secondary N) is 1. The van der Waals surface area contributed by atoms with Crippen molar-refractivity contribution in [1.82, 2.24) is 20.1 Å². The molecule has 1 atom stereocenters. The Morgan fingerprint density at radius 3 is 2.61 bits per heavy atom. The summed E-state index contributed by atoms with van der Waals surface area (Å²) in [6, 6.07) is 3.92. The summed E-state index contributed by atoms with van der Waals surface area (Å²) in [7, 11) is 1.93. The first kappa shape index (κ1) is 17.6. The van der Waals surface area contributed by atoms with E-state index in [0.717, 1.165) is 11.4 Å². The van der Waals surface area contributed by atoms with Crippen molar-refractivity contribution >= 4 is 11.6 Å². The molecule has 0 aliphatic heterocycles. The molecule has 7 heteroatoms. The minimum Gasteiger partial charge on any atom is -0.490 e. The molecule has 0 radical (unpaired) electrons. The van der Waals surface area contributed by atoms with Crippen molar-refractivity contribution in [2.24, 2.45) is 7.05 Å². The Kier molecular flexibility index (Phi) is 6.24. The Morgan fingerprint density at radius 1 is 1.26 bits per heavy atom. The molecule has 0 aliphatic rings. The number of hydrogen-bond donors (Lipinski definition) is 1. The number of aryl methyl sites for hydroxylation is 1. The Morgan fingerprint density at radius 2 is 2.00 bits per heavy atom. The van der Waals surface area contributed by atoms with Crippen LogP contribution in [0.4, 0.5) is 0 Å². The smallest absolute Gasteiger partial charge is 0.179 e. The van der Waals surface area contributed by atoms with E-state index < -0.39 is 0 Å². The van der Waals surface area contributed by atoms with Gasteiger partial charge in [0.1, 0.15) is 12.2 Å². The molecule has 2 aromatic rings. The van der Waals surface area contributed by atoms with Crippen molar-refractivity contribution in [2.45, 2.75) is 33.4 Å². The number of hydrogen-bond acceptors (Lipinski definition) is 5. The van der Waals surface area contributed by atoms with Crippen molar-refractivity contribution in [3.05, 3.63) is 34.9 Å². The van der Waals surface area contributed by atoms with E-state index >= 15 is 0 Å². The first-order valence-corrected chi connectivity index (χ1v) is 8.09. The Balaban J connectivity index is 2.12. The molecule has 126 valence electrons. The molecule has 6 nitrogen and oxygen atoms in total. The summed E-state index contributed by atoms with van der Waals surface area (Å²) in [5.41, 5.74) is 1.02. The van der Waals surface area contributed by atoms with Crippen molar-refractivity contribution in [3.63, 3.8) is 0 Å². The van der Waals surface area contributed by atoms with E-state index in [-0.39, 0.29) is 6.04 Å². The van der Waals surface area contributed by atoms with Crippen molar-refractivity contribution in [1.29, 1.82) is 0 Å². The third-order valence-electron chi connectivity index (χ3n) is 3.40. The summed E-state index contributed by atoms with van der Waals surface area (Å²) in [5, 5.41) is 12.0. The molecule has 23 heavy (non-hydrogen) atoms. The van der Waals surface area contributed by atoms with Crippen molar-refractivity contribution in [3.8, 4) is 11.5 Å². The lowest BCUT2D eigenvalue weighted by molar-refractivity contribution is 0.287. The van der Waals surface area contributed by atoms with Gasteiger partial charge < -0.3 is 19.4 Å². The van der Waals surface area contributed by atoms with Gasteiger partial charge in [0.15, 0.2) is 11.5 Å². The molecule has 0 aliphatic carbocycles. The predicted octanol–water partition coefficient (Wildman–Crippen LogP) is 3.12. The van der Waals surface area contributed by atoms with Crippen LogP contribution in [0.3, 0.4) is 0 Å². The Labute approximate surface area is 141 Å². The van der Waals surface area contributed by atoms with Gasteiger partial charge >= 0.3 is 0 Å². The van der Waals surface area contributed by atoms with Gasteiger partial charge in [0.2, 0.25) is 0 Å². The van der Waals surface area contributed by atoms with Crippen LogP contribution in [0, 0.1) is 0 Å². The molecule has 0 amide bonds. The highest BCUT2D eigenvalue weighted by Gasteiger charge is 2.14. The fourth-order valence-electron chi connectivity index (χ4n) is 2.32. The number of halogens is 1. The van der Waals surface area contributed by atoms with Crippen LogP contribution in [0.25, 0.3) is 0 Å². The maximum absolute atomic E-state index is 6.33. The molecule has 0 spiro atoms. The van der Waals surface area contributed by atoms with Crippen molar-refractivity contribution in [2.75, 3.05) is 13.2 Å². The Hall–Kier alpha value is -1.79. The second kappa shape index (κ2) is 8.17. The summed E-state index contributed by atoms with van der Waals surface area (Å²) in [5.74, 6) is 2.15. The second-order valence-corrected chi connectivity index (χ2v) is 5.58. The fourth-order valence-corrected chi connectivity index (χ4v) is 2.61. The normalized spacial score (nSPS) is 12.2. The molecule has 0 fully saturated rings. The van der Waals surface area contributed by atoms with Gasteiger partial charge in [-0.3, -0.25) is 0 Å². The van der Waals surface area contributed by atoms with Gasteiger partial charge in [0, 0.05) is 13.6 Å². The largest absolute Gasteiger partial charge is 0.490 e. The highest BCUT2D eigenvalue weighted by Crippen LogP contribution is 2.36. The van der Waals surface area contributed by atoms with Crippen molar-refractivity contribution < 1.29 is 9.47 Å². The molecule has 0 bridgehead atoms. The third kappa shape index (κ3) is 4.36. The fraction of sp³-hybridized carbons (Fsp3) is 0.500. The average Bonchev–Trinajstić information content (AvgIpc) is 2.95. The molecule has 1 heterocycles. The molecule has 0 saturated heterocycles. The standard InChI is InChI=1S/C16H23ClN4O2/c1-5-22-14-8-12(7-13(17)15(14)23-6-2)9-18-11(3)16-20-19-10-21(16)4/h7-8,10-11,18H,5-6,9H2,1-4H3. The number of nitrogens with zero attached hydrogens (tertiary/aromatic N) is 3. The van der Waals surface area contributed by atoms with Crippen LogP contribution in [0.15, 0.2) is 18.5 Å².